The highest BCUT2D eigenvalue weighted by molar-refractivity contribution is 6.33. The third-order valence-corrected chi connectivity index (χ3v) is 6.17. The summed E-state index contributed by atoms with van der Waals surface area (Å²) in [6, 6.07) is 17.4. The molecule has 1 aliphatic rings. The van der Waals surface area contributed by atoms with Crippen molar-refractivity contribution < 1.29 is 0 Å². The maximum Gasteiger partial charge on any atom is 0.174 e. The number of hydrogen-bond donors (Lipinski definition) is 1. The molecule has 0 aliphatic carbocycles. The number of benzene rings is 2. The predicted octanol–water partition coefficient (Wildman–Crippen LogP) is 5.40. The van der Waals surface area contributed by atoms with Gasteiger partial charge in [-0.25, -0.2) is 9.97 Å². The molecule has 5 rings (SSSR count). The topological polar surface area (TPSA) is 57.2 Å². The number of pyridine rings is 1. The summed E-state index contributed by atoms with van der Waals surface area (Å²) >= 11 is 12.5. The van der Waals surface area contributed by atoms with Crippen molar-refractivity contribution in [2.75, 3.05) is 36.4 Å². The van der Waals surface area contributed by atoms with E-state index in [-0.39, 0.29) is 0 Å². The number of nitrogens with zero attached hydrogens (tertiary/aromatic N) is 5. The van der Waals surface area contributed by atoms with Gasteiger partial charge in [-0.2, -0.15) is 0 Å². The van der Waals surface area contributed by atoms with Crippen LogP contribution < -0.4 is 10.2 Å². The van der Waals surface area contributed by atoms with Gasteiger partial charge in [0.05, 0.1) is 11.0 Å². The normalized spacial score (nSPS) is 14.6. The number of fused-ring (bicyclic) bond motifs is 1. The van der Waals surface area contributed by atoms with E-state index in [0.717, 1.165) is 71.7 Å². The van der Waals surface area contributed by atoms with Crippen molar-refractivity contribution in [2.45, 2.75) is 6.54 Å². The van der Waals surface area contributed by atoms with Gasteiger partial charge in [-0.3, -0.25) is 9.88 Å². The molecule has 32 heavy (non-hydrogen) atoms. The fourth-order valence-electron chi connectivity index (χ4n) is 3.89. The summed E-state index contributed by atoms with van der Waals surface area (Å²) in [5, 5.41) is 4.89. The largest absolute Gasteiger partial charge is 0.351 e. The minimum atomic E-state index is 0.710. The zero-order valence-electron chi connectivity index (χ0n) is 17.4. The zero-order valence-corrected chi connectivity index (χ0v) is 18.9. The summed E-state index contributed by atoms with van der Waals surface area (Å²) < 4.78 is 0. The Kier molecular flexibility index (Phi) is 6.08. The van der Waals surface area contributed by atoms with E-state index in [4.69, 9.17) is 33.2 Å². The average molecular weight is 465 g/mol. The molecule has 0 atom stereocenters. The Morgan fingerprint density at radius 2 is 1.56 bits per heavy atom. The standard InChI is InChI=1S/C24H22Cl2N6/c25-18-5-6-20(26)17(15-18)16-31-11-13-32(14-12-31)24-23(28-19-7-9-27-10-8-19)29-21-3-1-2-4-22(21)30-24/h1-10,15H,11-14,16H2,(H,27,28,29). The predicted molar refractivity (Wildman–Crippen MR) is 131 cm³/mol. The SMILES string of the molecule is Clc1ccc(Cl)c(CN2CCN(c3nc4ccccc4nc3Nc3ccncc3)CC2)c1. The summed E-state index contributed by atoms with van der Waals surface area (Å²) in [6.07, 6.45) is 3.52. The lowest BCUT2D eigenvalue weighted by Gasteiger charge is -2.36. The highest BCUT2D eigenvalue weighted by Crippen LogP contribution is 2.29. The first-order valence-corrected chi connectivity index (χ1v) is 11.3. The van der Waals surface area contributed by atoms with Gasteiger partial charge in [0, 0.05) is 60.9 Å². The lowest BCUT2D eigenvalue weighted by molar-refractivity contribution is 0.249. The van der Waals surface area contributed by atoms with Crippen LogP contribution in [0.5, 0.6) is 0 Å². The van der Waals surface area contributed by atoms with Crippen LogP contribution in [0.3, 0.4) is 0 Å². The van der Waals surface area contributed by atoms with Gasteiger partial charge in [0.25, 0.3) is 0 Å². The first kappa shape index (κ1) is 20.9. The van der Waals surface area contributed by atoms with Gasteiger partial charge in [0.1, 0.15) is 0 Å². The number of piperazine rings is 1. The van der Waals surface area contributed by atoms with E-state index in [1.165, 1.54) is 0 Å². The van der Waals surface area contributed by atoms with Crippen LogP contribution >= 0.6 is 23.2 Å². The molecular formula is C24H22Cl2N6. The van der Waals surface area contributed by atoms with E-state index in [9.17, 15) is 0 Å². The average Bonchev–Trinajstić information content (AvgIpc) is 2.82. The van der Waals surface area contributed by atoms with Crippen molar-refractivity contribution in [2.24, 2.45) is 0 Å². The van der Waals surface area contributed by atoms with Crippen molar-refractivity contribution in [1.29, 1.82) is 0 Å². The molecule has 1 N–H and O–H groups in total. The molecule has 0 radical (unpaired) electrons. The van der Waals surface area contributed by atoms with Crippen molar-refractivity contribution in [1.82, 2.24) is 19.9 Å². The molecule has 4 aromatic rings. The van der Waals surface area contributed by atoms with Crippen LogP contribution in [-0.2, 0) is 6.54 Å². The van der Waals surface area contributed by atoms with E-state index < -0.39 is 0 Å². The summed E-state index contributed by atoms with van der Waals surface area (Å²) in [7, 11) is 0. The molecule has 0 spiro atoms. The molecule has 2 aromatic heterocycles. The number of halogens is 2. The third-order valence-electron chi connectivity index (χ3n) is 5.57. The smallest absolute Gasteiger partial charge is 0.174 e. The summed E-state index contributed by atoms with van der Waals surface area (Å²) in [5.41, 5.74) is 3.73. The Morgan fingerprint density at radius 1 is 0.844 bits per heavy atom. The molecular weight excluding hydrogens is 443 g/mol. The number of rotatable bonds is 5. The summed E-state index contributed by atoms with van der Waals surface area (Å²) in [5.74, 6) is 1.61. The minimum absolute atomic E-state index is 0.710. The van der Waals surface area contributed by atoms with Gasteiger partial charge >= 0.3 is 0 Å². The third kappa shape index (κ3) is 4.63. The molecule has 0 saturated carbocycles. The molecule has 8 heteroatoms. The highest BCUT2D eigenvalue weighted by atomic mass is 35.5. The second-order valence-corrected chi connectivity index (χ2v) is 8.59. The number of aromatic nitrogens is 3. The van der Waals surface area contributed by atoms with Crippen LogP contribution in [0.25, 0.3) is 11.0 Å². The van der Waals surface area contributed by atoms with Crippen molar-refractivity contribution >= 4 is 51.6 Å². The lowest BCUT2D eigenvalue weighted by atomic mass is 10.2. The lowest BCUT2D eigenvalue weighted by Crippen LogP contribution is -2.46. The van der Waals surface area contributed by atoms with Crippen LogP contribution in [0.4, 0.5) is 17.3 Å². The van der Waals surface area contributed by atoms with Crippen molar-refractivity contribution in [3.05, 3.63) is 82.6 Å². The molecule has 0 bridgehead atoms. The monoisotopic (exact) mass is 464 g/mol. The molecule has 1 fully saturated rings. The summed E-state index contributed by atoms with van der Waals surface area (Å²) in [6.45, 7) is 4.25. The molecule has 3 heterocycles. The number of para-hydroxylation sites is 2. The second-order valence-electron chi connectivity index (χ2n) is 7.74. The maximum atomic E-state index is 6.37. The maximum absolute atomic E-state index is 6.37. The number of anilines is 3. The van der Waals surface area contributed by atoms with E-state index in [1.807, 2.05) is 54.6 Å². The Bertz CT molecular complexity index is 1230. The highest BCUT2D eigenvalue weighted by Gasteiger charge is 2.22. The molecule has 0 unspecified atom stereocenters. The molecule has 6 nitrogen and oxygen atoms in total. The molecule has 2 aromatic carbocycles. The molecule has 1 saturated heterocycles. The van der Waals surface area contributed by atoms with Crippen LogP contribution in [-0.4, -0.2) is 46.0 Å². The van der Waals surface area contributed by atoms with Gasteiger partial charge in [-0.15, -0.1) is 0 Å². The van der Waals surface area contributed by atoms with Crippen LogP contribution in [0.1, 0.15) is 5.56 Å². The fraction of sp³-hybridized carbons (Fsp3) is 0.208. The molecule has 162 valence electrons. The van der Waals surface area contributed by atoms with Gasteiger partial charge in [0.2, 0.25) is 0 Å². The van der Waals surface area contributed by atoms with Crippen molar-refractivity contribution in [3.63, 3.8) is 0 Å². The number of nitrogens with one attached hydrogen (secondary N) is 1. The Balaban J connectivity index is 1.37. The first-order valence-electron chi connectivity index (χ1n) is 10.5. The second kappa shape index (κ2) is 9.28. The van der Waals surface area contributed by atoms with Crippen LogP contribution in [0.15, 0.2) is 67.0 Å². The van der Waals surface area contributed by atoms with E-state index in [1.54, 1.807) is 12.4 Å². The zero-order chi connectivity index (χ0) is 21.9. The van der Waals surface area contributed by atoms with Crippen LogP contribution in [0.2, 0.25) is 10.0 Å². The van der Waals surface area contributed by atoms with Gasteiger partial charge < -0.3 is 10.2 Å². The van der Waals surface area contributed by atoms with Crippen molar-refractivity contribution in [3.8, 4) is 0 Å². The Labute approximate surface area is 196 Å². The van der Waals surface area contributed by atoms with E-state index in [0.29, 0.717) is 5.02 Å². The first-order chi connectivity index (χ1) is 15.7. The van der Waals surface area contributed by atoms with Gasteiger partial charge in [-0.1, -0.05) is 35.3 Å². The van der Waals surface area contributed by atoms with Gasteiger partial charge in [-0.05, 0) is 48.0 Å². The van der Waals surface area contributed by atoms with Gasteiger partial charge in [0.15, 0.2) is 11.6 Å². The van der Waals surface area contributed by atoms with Crippen LogP contribution in [0, 0.1) is 0 Å². The Hall–Kier alpha value is -2.93. The van der Waals surface area contributed by atoms with E-state index in [2.05, 4.69) is 20.1 Å². The molecule has 1 aliphatic heterocycles. The Morgan fingerprint density at radius 3 is 2.31 bits per heavy atom. The minimum Gasteiger partial charge on any atom is -0.351 e. The number of hydrogen-bond acceptors (Lipinski definition) is 6. The fourth-order valence-corrected chi connectivity index (χ4v) is 4.26. The van der Waals surface area contributed by atoms with E-state index >= 15 is 0 Å². The quantitative estimate of drug-likeness (QED) is 0.426. The summed E-state index contributed by atoms with van der Waals surface area (Å²) in [4.78, 5) is 18.6. The molecule has 0 amide bonds.